The summed E-state index contributed by atoms with van der Waals surface area (Å²) in [5.41, 5.74) is 2.40. The fourth-order valence-electron chi connectivity index (χ4n) is 2.52. The van der Waals surface area contributed by atoms with Crippen molar-refractivity contribution in [1.29, 1.82) is 0 Å². The molecule has 1 amide bonds. The molecule has 0 saturated carbocycles. The lowest BCUT2D eigenvalue weighted by Gasteiger charge is -2.29. The molecule has 0 heterocycles. The van der Waals surface area contributed by atoms with E-state index in [0.29, 0.717) is 11.4 Å². The van der Waals surface area contributed by atoms with Crippen molar-refractivity contribution in [3.05, 3.63) is 64.2 Å². The molecule has 1 aliphatic carbocycles. The fraction of sp³-hybridized carbons (Fsp3) is 0.125. The van der Waals surface area contributed by atoms with Crippen molar-refractivity contribution in [3.63, 3.8) is 0 Å². The van der Waals surface area contributed by atoms with E-state index in [1.165, 1.54) is 18.2 Å². The number of carbonyl (C=O) groups is 2. The normalized spacial score (nSPS) is 15.8. The molecular formula is C16H12ClNO3. The molecule has 21 heavy (non-hydrogen) atoms. The lowest BCUT2D eigenvalue weighted by Crippen LogP contribution is -2.30. The monoisotopic (exact) mass is 301 g/mol. The van der Waals surface area contributed by atoms with Gasteiger partial charge in [0.1, 0.15) is 0 Å². The van der Waals surface area contributed by atoms with Crippen LogP contribution in [0.5, 0.6) is 0 Å². The average molecular weight is 302 g/mol. The number of rotatable bonds is 3. The molecule has 0 aromatic heterocycles. The van der Waals surface area contributed by atoms with Crippen molar-refractivity contribution in [1.82, 2.24) is 0 Å². The Hall–Kier alpha value is -2.33. The Kier molecular flexibility index (Phi) is 3.39. The van der Waals surface area contributed by atoms with Crippen molar-refractivity contribution in [3.8, 4) is 0 Å². The second-order valence-corrected chi connectivity index (χ2v) is 5.38. The number of fused-ring (bicyclic) bond motifs is 1. The van der Waals surface area contributed by atoms with E-state index in [-0.39, 0.29) is 23.1 Å². The summed E-state index contributed by atoms with van der Waals surface area (Å²) in [5, 5.41) is 12.2. The first-order valence-corrected chi connectivity index (χ1v) is 6.85. The first-order chi connectivity index (χ1) is 10.1. The number of benzene rings is 2. The zero-order chi connectivity index (χ0) is 15.0. The lowest BCUT2D eigenvalue weighted by molar-refractivity contribution is -0.118. The molecule has 4 nitrogen and oxygen atoms in total. The van der Waals surface area contributed by atoms with Crippen LogP contribution in [0.1, 0.15) is 27.4 Å². The van der Waals surface area contributed by atoms with E-state index in [1.54, 1.807) is 0 Å². The highest BCUT2D eigenvalue weighted by Crippen LogP contribution is 2.36. The van der Waals surface area contributed by atoms with Crippen LogP contribution in [0.4, 0.5) is 5.69 Å². The van der Waals surface area contributed by atoms with E-state index in [9.17, 15) is 9.59 Å². The number of anilines is 1. The quantitative estimate of drug-likeness (QED) is 0.914. The Morgan fingerprint density at radius 2 is 1.95 bits per heavy atom. The van der Waals surface area contributed by atoms with Crippen LogP contribution in [0.25, 0.3) is 0 Å². The van der Waals surface area contributed by atoms with Crippen molar-refractivity contribution in [2.75, 3.05) is 5.32 Å². The molecule has 1 aliphatic rings. The summed E-state index contributed by atoms with van der Waals surface area (Å²) in [6.45, 7) is 0. The number of hydrogen-bond donors (Lipinski definition) is 2. The van der Waals surface area contributed by atoms with Gasteiger partial charge in [-0.15, -0.1) is 0 Å². The van der Waals surface area contributed by atoms with Crippen LogP contribution in [0.3, 0.4) is 0 Å². The third-order valence-electron chi connectivity index (χ3n) is 3.64. The Morgan fingerprint density at radius 1 is 1.19 bits per heavy atom. The van der Waals surface area contributed by atoms with Gasteiger partial charge in [-0.1, -0.05) is 35.9 Å². The van der Waals surface area contributed by atoms with Gasteiger partial charge in [0.25, 0.3) is 0 Å². The largest absolute Gasteiger partial charge is 0.478 e. The van der Waals surface area contributed by atoms with Gasteiger partial charge in [0.05, 0.1) is 17.2 Å². The number of aromatic carboxylic acids is 1. The topological polar surface area (TPSA) is 66.4 Å². The molecule has 0 aliphatic heterocycles. The van der Waals surface area contributed by atoms with Gasteiger partial charge in [-0.05, 0) is 35.7 Å². The van der Waals surface area contributed by atoms with Gasteiger partial charge in [-0.3, -0.25) is 4.79 Å². The molecule has 0 spiro atoms. The number of hydrogen-bond acceptors (Lipinski definition) is 2. The minimum Gasteiger partial charge on any atom is -0.478 e. The molecule has 2 N–H and O–H groups in total. The second kappa shape index (κ2) is 5.22. The molecule has 3 rings (SSSR count). The Morgan fingerprint density at radius 3 is 2.67 bits per heavy atom. The third kappa shape index (κ3) is 2.50. The maximum absolute atomic E-state index is 12.3. The number of halogens is 1. The van der Waals surface area contributed by atoms with Crippen molar-refractivity contribution < 1.29 is 14.7 Å². The molecule has 5 heteroatoms. The summed E-state index contributed by atoms with van der Waals surface area (Å²) in [6, 6.07) is 12.1. The van der Waals surface area contributed by atoms with E-state index in [0.717, 1.165) is 11.1 Å². The van der Waals surface area contributed by atoms with Gasteiger partial charge >= 0.3 is 5.97 Å². The molecule has 1 atom stereocenters. The molecule has 0 saturated heterocycles. The minimum absolute atomic E-state index is 0.0281. The molecule has 0 fully saturated rings. The molecule has 1 unspecified atom stereocenters. The van der Waals surface area contributed by atoms with E-state index in [1.807, 2.05) is 24.3 Å². The van der Waals surface area contributed by atoms with Gasteiger partial charge in [0, 0.05) is 5.02 Å². The molecule has 106 valence electrons. The van der Waals surface area contributed by atoms with Crippen LogP contribution in [0.15, 0.2) is 42.5 Å². The van der Waals surface area contributed by atoms with E-state index in [2.05, 4.69) is 5.32 Å². The number of carboxylic acids is 1. The van der Waals surface area contributed by atoms with Crippen LogP contribution in [-0.4, -0.2) is 17.0 Å². The number of amides is 1. The number of nitrogens with one attached hydrogen (secondary N) is 1. The fourth-order valence-corrected chi connectivity index (χ4v) is 2.69. The van der Waals surface area contributed by atoms with Crippen LogP contribution in [-0.2, 0) is 11.2 Å². The summed E-state index contributed by atoms with van der Waals surface area (Å²) in [6.07, 6.45) is 0.672. The van der Waals surface area contributed by atoms with E-state index < -0.39 is 5.97 Å². The highest BCUT2D eigenvalue weighted by Gasteiger charge is 2.32. The van der Waals surface area contributed by atoms with Crippen LogP contribution in [0, 0.1) is 0 Å². The predicted octanol–water partition coefficient (Wildman–Crippen LogP) is 3.32. The summed E-state index contributed by atoms with van der Waals surface area (Å²) in [4.78, 5) is 23.5. The molecular weight excluding hydrogens is 290 g/mol. The van der Waals surface area contributed by atoms with E-state index >= 15 is 0 Å². The second-order valence-electron chi connectivity index (χ2n) is 4.94. The third-order valence-corrected chi connectivity index (χ3v) is 3.88. The van der Waals surface area contributed by atoms with Gasteiger partial charge in [-0.25, -0.2) is 4.79 Å². The zero-order valence-electron chi connectivity index (χ0n) is 11.0. The van der Waals surface area contributed by atoms with Crippen LogP contribution < -0.4 is 5.32 Å². The van der Waals surface area contributed by atoms with Crippen molar-refractivity contribution >= 4 is 29.2 Å². The Bertz CT molecular complexity index is 742. The molecule has 2 aromatic rings. The predicted molar refractivity (Wildman–Crippen MR) is 79.9 cm³/mol. The molecule has 0 radical (unpaired) electrons. The highest BCUT2D eigenvalue weighted by molar-refractivity contribution is 6.31. The maximum atomic E-state index is 12.3. The number of carbonyl (C=O) groups excluding carboxylic acids is 1. The van der Waals surface area contributed by atoms with E-state index in [4.69, 9.17) is 16.7 Å². The molecule has 2 aromatic carbocycles. The van der Waals surface area contributed by atoms with Gasteiger partial charge in [0.15, 0.2) is 0 Å². The lowest BCUT2D eigenvalue weighted by atomic mass is 9.77. The minimum atomic E-state index is -1.10. The first kappa shape index (κ1) is 13.6. The summed E-state index contributed by atoms with van der Waals surface area (Å²) < 4.78 is 0. The van der Waals surface area contributed by atoms with Crippen LogP contribution in [0.2, 0.25) is 5.02 Å². The summed E-state index contributed by atoms with van der Waals surface area (Å²) in [5.74, 6) is -1.55. The Balaban J connectivity index is 1.84. The maximum Gasteiger partial charge on any atom is 0.337 e. The molecule has 0 bridgehead atoms. The standard InChI is InChI=1S/C16H12ClNO3/c17-10-5-6-12(16(20)21)14(8-10)18-15(19)13-7-9-3-1-2-4-11(9)13/h1-6,8,13H,7H2,(H,18,19)(H,20,21). The first-order valence-electron chi connectivity index (χ1n) is 6.48. The Labute approximate surface area is 126 Å². The van der Waals surface area contributed by atoms with Crippen LogP contribution >= 0.6 is 11.6 Å². The zero-order valence-corrected chi connectivity index (χ0v) is 11.7. The van der Waals surface area contributed by atoms with Gasteiger partial charge in [0.2, 0.25) is 5.91 Å². The summed E-state index contributed by atoms with van der Waals surface area (Å²) >= 11 is 5.87. The van der Waals surface area contributed by atoms with Crippen molar-refractivity contribution in [2.24, 2.45) is 0 Å². The SMILES string of the molecule is O=C(O)c1ccc(Cl)cc1NC(=O)C1Cc2ccccc21. The number of carboxylic acid groups (broad SMARTS) is 1. The van der Waals surface area contributed by atoms with Gasteiger partial charge in [-0.2, -0.15) is 0 Å². The average Bonchev–Trinajstić information content (AvgIpc) is 2.40. The van der Waals surface area contributed by atoms with Crippen molar-refractivity contribution in [2.45, 2.75) is 12.3 Å². The van der Waals surface area contributed by atoms with Gasteiger partial charge < -0.3 is 10.4 Å². The highest BCUT2D eigenvalue weighted by atomic mass is 35.5. The smallest absolute Gasteiger partial charge is 0.337 e. The summed E-state index contributed by atoms with van der Waals surface area (Å²) in [7, 11) is 0.